The largest absolute Gasteiger partial charge is 0.493 e. The van der Waals surface area contributed by atoms with E-state index >= 15 is 0 Å². The van der Waals surface area contributed by atoms with E-state index in [0.717, 1.165) is 51.3 Å². The van der Waals surface area contributed by atoms with Crippen molar-refractivity contribution in [2.45, 2.75) is 30.0 Å². The van der Waals surface area contributed by atoms with Crippen LogP contribution in [0.15, 0.2) is 39.9 Å². The average Bonchev–Trinajstić information content (AvgIpc) is 3.51. The van der Waals surface area contributed by atoms with Crippen LogP contribution < -0.4 is 4.74 Å². The number of ether oxygens (including phenoxy) is 1. The number of sulfonamides is 1. The van der Waals surface area contributed by atoms with E-state index in [0.29, 0.717) is 23.8 Å². The predicted molar refractivity (Wildman–Crippen MR) is 123 cm³/mol. The molecule has 32 heavy (non-hydrogen) atoms. The maximum Gasteiger partial charge on any atom is 0.252 e. The lowest BCUT2D eigenvalue weighted by Gasteiger charge is -2.38. The molecule has 1 amide bonds. The Morgan fingerprint density at radius 2 is 1.97 bits per heavy atom. The number of carbonyl (C=O) groups is 1. The number of benzene rings is 1. The van der Waals surface area contributed by atoms with Crippen molar-refractivity contribution < 1.29 is 17.9 Å². The Morgan fingerprint density at radius 1 is 1.12 bits per heavy atom. The molecule has 172 valence electrons. The molecule has 0 saturated carbocycles. The number of hydrogen-bond acceptors (Lipinski definition) is 6. The highest BCUT2D eigenvalue weighted by Gasteiger charge is 2.36. The quantitative estimate of drug-likeness (QED) is 0.664. The summed E-state index contributed by atoms with van der Waals surface area (Å²) in [6.07, 6.45) is 2.46. The van der Waals surface area contributed by atoms with Crippen LogP contribution in [0.4, 0.5) is 0 Å². The fourth-order valence-corrected chi connectivity index (χ4v) is 7.55. The number of hydrogen-bond donors (Lipinski definition) is 0. The maximum atomic E-state index is 13.2. The molecule has 0 unspecified atom stereocenters. The summed E-state index contributed by atoms with van der Waals surface area (Å²) in [5.41, 5.74) is 2.58. The van der Waals surface area contributed by atoms with Gasteiger partial charge in [-0.15, -0.1) is 11.3 Å². The number of nitrogens with zero attached hydrogens (tertiary/aromatic N) is 3. The first-order valence-corrected chi connectivity index (χ1v) is 13.6. The second-order valence-corrected chi connectivity index (χ2v) is 11.9. The SMILES string of the molecule is O=C([C@@H]1CCCN(S(=O)(=O)c2cccs2)C1)N1CCN(Cc2ccc3c(c2)CCO3)CC1. The molecule has 1 atom stereocenters. The first kappa shape index (κ1) is 21.9. The highest BCUT2D eigenvalue weighted by Crippen LogP contribution is 2.28. The van der Waals surface area contributed by atoms with Crippen molar-refractivity contribution in [2.75, 3.05) is 45.9 Å². The minimum Gasteiger partial charge on any atom is -0.493 e. The molecule has 0 spiro atoms. The van der Waals surface area contributed by atoms with Gasteiger partial charge in [0.25, 0.3) is 10.0 Å². The zero-order valence-corrected chi connectivity index (χ0v) is 19.7. The van der Waals surface area contributed by atoms with Gasteiger partial charge in [0.15, 0.2) is 0 Å². The van der Waals surface area contributed by atoms with E-state index in [-0.39, 0.29) is 18.4 Å². The Balaban J connectivity index is 1.16. The van der Waals surface area contributed by atoms with E-state index in [1.807, 2.05) is 4.90 Å². The number of thiophene rings is 1. The Morgan fingerprint density at radius 3 is 2.75 bits per heavy atom. The van der Waals surface area contributed by atoms with Crippen LogP contribution in [0.3, 0.4) is 0 Å². The molecule has 0 radical (unpaired) electrons. The van der Waals surface area contributed by atoms with Crippen LogP contribution in [0, 0.1) is 5.92 Å². The van der Waals surface area contributed by atoms with Crippen LogP contribution in [0.2, 0.25) is 0 Å². The molecular formula is C23H29N3O4S2. The summed E-state index contributed by atoms with van der Waals surface area (Å²) >= 11 is 1.23. The van der Waals surface area contributed by atoms with E-state index < -0.39 is 10.0 Å². The molecule has 3 aliphatic heterocycles. The standard InChI is InChI=1S/C23H29N3O4S2/c27-23(20-3-1-8-26(17-20)32(28,29)22-4-2-14-31-22)25-11-9-24(10-12-25)16-18-5-6-21-19(15-18)7-13-30-21/h2,4-6,14-15,20H,1,3,7-13,16-17H2/t20-/m1/s1. The highest BCUT2D eigenvalue weighted by molar-refractivity contribution is 7.91. The van der Waals surface area contributed by atoms with Crippen molar-refractivity contribution in [1.29, 1.82) is 0 Å². The fourth-order valence-electron chi connectivity index (χ4n) is 4.88. The van der Waals surface area contributed by atoms with Crippen molar-refractivity contribution in [3.05, 3.63) is 46.8 Å². The maximum absolute atomic E-state index is 13.2. The molecule has 7 nitrogen and oxygen atoms in total. The molecule has 5 rings (SSSR count). The van der Waals surface area contributed by atoms with E-state index in [1.54, 1.807) is 17.5 Å². The van der Waals surface area contributed by atoms with Crippen molar-refractivity contribution in [3.63, 3.8) is 0 Å². The van der Waals surface area contributed by atoms with Gasteiger partial charge in [0.05, 0.1) is 12.5 Å². The van der Waals surface area contributed by atoms with Gasteiger partial charge in [-0.1, -0.05) is 18.2 Å². The van der Waals surface area contributed by atoms with E-state index in [1.165, 1.54) is 26.8 Å². The highest BCUT2D eigenvalue weighted by atomic mass is 32.2. The third-order valence-electron chi connectivity index (χ3n) is 6.67. The molecule has 1 aromatic heterocycles. The summed E-state index contributed by atoms with van der Waals surface area (Å²) in [6.45, 7) is 5.49. The van der Waals surface area contributed by atoms with Gasteiger partial charge in [0, 0.05) is 52.2 Å². The van der Waals surface area contributed by atoms with Crippen molar-refractivity contribution in [2.24, 2.45) is 5.92 Å². The molecule has 2 fully saturated rings. The van der Waals surface area contributed by atoms with Crippen LogP contribution in [-0.2, 0) is 27.8 Å². The van der Waals surface area contributed by atoms with Gasteiger partial charge < -0.3 is 9.64 Å². The van der Waals surface area contributed by atoms with Crippen LogP contribution in [0.25, 0.3) is 0 Å². The van der Waals surface area contributed by atoms with Crippen LogP contribution in [-0.4, -0.2) is 74.3 Å². The zero-order chi connectivity index (χ0) is 22.1. The van der Waals surface area contributed by atoms with Gasteiger partial charge in [0.2, 0.25) is 5.91 Å². The Bertz CT molecular complexity index is 1060. The van der Waals surface area contributed by atoms with Gasteiger partial charge in [-0.2, -0.15) is 4.31 Å². The molecule has 1 aromatic carbocycles. The van der Waals surface area contributed by atoms with E-state index in [2.05, 4.69) is 23.1 Å². The van der Waals surface area contributed by atoms with Crippen molar-refractivity contribution in [1.82, 2.24) is 14.1 Å². The third-order valence-corrected chi connectivity index (χ3v) is 9.90. The second-order valence-electron chi connectivity index (χ2n) is 8.78. The topological polar surface area (TPSA) is 70.2 Å². The molecule has 9 heteroatoms. The van der Waals surface area contributed by atoms with Gasteiger partial charge in [0.1, 0.15) is 9.96 Å². The molecule has 4 heterocycles. The normalized spacial score (nSPS) is 22.5. The molecular weight excluding hydrogens is 446 g/mol. The second kappa shape index (κ2) is 9.13. The fraction of sp³-hybridized carbons (Fsp3) is 0.522. The first-order valence-electron chi connectivity index (χ1n) is 11.3. The lowest BCUT2D eigenvalue weighted by Crippen LogP contribution is -2.52. The van der Waals surface area contributed by atoms with Gasteiger partial charge >= 0.3 is 0 Å². The summed E-state index contributed by atoms with van der Waals surface area (Å²) in [6, 6.07) is 9.83. The smallest absolute Gasteiger partial charge is 0.252 e. The average molecular weight is 476 g/mol. The summed E-state index contributed by atoms with van der Waals surface area (Å²) < 4.78 is 33.2. The molecule has 2 aromatic rings. The minimum atomic E-state index is -3.50. The van der Waals surface area contributed by atoms with Crippen molar-refractivity contribution in [3.8, 4) is 5.75 Å². The lowest BCUT2D eigenvalue weighted by molar-refractivity contribution is -0.138. The molecule has 0 aliphatic carbocycles. The molecule has 3 aliphatic rings. The van der Waals surface area contributed by atoms with E-state index in [9.17, 15) is 13.2 Å². The monoisotopic (exact) mass is 475 g/mol. The number of piperazine rings is 1. The molecule has 2 saturated heterocycles. The number of fused-ring (bicyclic) bond motifs is 1. The lowest BCUT2D eigenvalue weighted by atomic mass is 9.97. The summed E-state index contributed by atoms with van der Waals surface area (Å²) in [5, 5.41) is 1.77. The minimum absolute atomic E-state index is 0.102. The third kappa shape index (κ3) is 4.44. The van der Waals surface area contributed by atoms with Crippen LogP contribution in [0.5, 0.6) is 5.75 Å². The number of rotatable bonds is 5. The number of piperidine rings is 1. The Kier molecular flexibility index (Phi) is 6.24. The number of carbonyl (C=O) groups excluding carboxylic acids is 1. The predicted octanol–water partition coefficient (Wildman–Crippen LogP) is 2.43. The zero-order valence-electron chi connectivity index (χ0n) is 18.1. The molecule has 0 bridgehead atoms. The summed E-state index contributed by atoms with van der Waals surface area (Å²) in [4.78, 5) is 17.5. The first-order chi connectivity index (χ1) is 15.5. The van der Waals surface area contributed by atoms with Crippen LogP contribution >= 0.6 is 11.3 Å². The van der Waals surface area contributed by atoms with Crippen LogP contribution in [0.1, 0.15) is 24.0 Å². The summed E-state index contributed by atoms with van der Waals surface area (Å²) in [7, 11) is -3.50. The molecule has 0 N–H and O–H groups in total. The summed E-state index contributed by atoms with van der Waals surface area (Å²) in [5.74, 6) is 0.860. The van der Waals surface area contributed by atoms with Gasteiger partial charge in [-0.05, 0) is 41.5 Å². The Hall–Kier alpha value is -1.94. The van der Waals surface area contributed by atoms with Gasteiger partial charge in [-0.3, -0.25) is 9.69 Å². The van der Waals surface area contributed by atoms with Crippen molar-refractivity contribution >= 4 is 27.3 Å². The Labute approximate surface area is 193 Å². The van der Waals surface area contributed by atoms with E-state index in [4.69, 9.17) is 4.74 Å². The van der Waals surface area contributed by atoms with Gasteiger partial charge in [-0.25, -0.2) is 8.42 Å². The number of amides is 1.